The highest BCUT2D eigenvalue weighted by Crippen LogP contribution is 2.49. The van der Waals surface area contributed by atoms with E-state index in [1.165, 1.54) is 37.0 Å². The first-order valence-corrected chi connectivity index (χ1v) is 8.00. The SMILES string of the molecule is CC(NC(=O)c1csc(CN)n1)C1CC2CCC1C2. The van der Waals surface area contributed by atoms with Crippen molar-refractivity contribution in [3.05, 3.63) is 16.1 Å². The Morgan fingerprint density at radius 2 is 2.42 bits per heavy atom. The predicted molar refractivity (Wildman–Crippen MR) is 75.9 cm³/mol. The van der Waals surface area contributed by atoms with E-state index in [2.05, 4.69) is 17.2 Å². The molecule has 1 aromatic rings. The van der Waals surface area contributed by atoms with E-state index in [1.807, 2.05) is 0 Å². The minimum atomic E-state index is -0.0498. The van der Waals surface area contributed by atoms with Crippen LogP contribution in [0.5, 0.6) is 0 Å². The molecule has 0 radical (unpaired) electrons. The number of nitrogens with one attached hydrogen (secondary N) is 1. The van der Waals surface area contributed by atoms with Crippen molar-refractivity contribution in [1.82, 2.24) is 10.3 Å². The van der Waals surface area contributed by atoms with E-state index in [1.54, 1.807) is 5.38 Å². The molecule has 0 aromatic carbocycles. The van der Waals surface area contributed by atoms with Crippen LogP contribution in [0.2, 0.25) is 0 Å². The van der Waals surface area contributed by atoms with Gasteiger partial charge in [0.2, 0.25) is 0 Å². The van der Waals surface area contributed by atoms with Crippen LogP contribution in [-0.4, -0.2) is 16.9 Å². The highest BCUT2D eigenvalue weighted by atomic mass is 32.1. The molecule has 2 bridgehead atoms. The van der Waals surface area contributed by atoms with Crippen LogP contribution in [0.25, 0.3) is 0 Å². The zero-order valence-electron chi connectivity index (χ0n) is 11.3. The average Bonchev–Trinajstić information content (AvgIpc) is 3.13. The second kappa shape index (κ2) is 5.21. The van der Waals surface area contributed by atoms with Gasteiger partial charge in [-0.3, -0.25) is 4.79 Å². The lowest BCUT2D eigenvalue weighted by molar-refractivity contribution is 0.0910. The fourth-order valence-electron chi connectivity index (χ4n) is 3.80. The summed E-state index contributed by atoms with van der Waals surface area (Å²) in [5.41, 5.74) is 6.04. The molecular weight excluding hydrogens is 258 g/mol. The number of aromatic nitrogens is 1. The van der Waals surface area contributed by atoms with Gasteiger partial charge in [-0.1, -0.05) is 6.42 Å². The fourth-order valence-corrected chi connectivity index (χ4v) is 4.46. The van der Waals surface area contributed by atoms with Gasteiger partial charge in [-0.05, 0) is 43.9 Å². The summed E-state index contributed by atoms with van der Waals surface area (Å²) in [7, 11) is 0. The van der Waals surface area contributed by atoms with E-state index in [0.29, 0.717) is 18.2 Å². The normalized spacial score (nSPS) is 30.5. The standard InChI is InChI=1S/C14H21N3OS/c1-8(11-5-9-2-3-10(11)4-9)16-14(18)12-7-19-13(6-15)17-12/h7-11H,2-6,15H2,1H3,(H,16,18). The van der Waals surface area contributed by atoms with Crippen LogP contribution in [-0.2, 0) is 6.54 Å². The minimum absolute atomic E-state index is 0.0498. The molecule has 0 saturated heterocycles. The van der Waals surface area contributed by atoms with Crippen LogP contribution in [0.4, 0.5) is 0 Å². The van der Waals surface area contributed by atoms with E-state index in [0.717, 1.165) is 16.8 Å². The molecule has 0 spiro atoms. The Balaban J connectivity index is 1.60. The third kappa shape index (κ3) is 2.54. The Labute approximate surface area is 117 Å². The summed E-state index contributed by atoms with van der Waals surface area (Å²) in [6.07, 6.45) is 5.41. The van der Waals surface area contributed by atoms with Crippen molar-refractivity contribution in [1.29, 1.82) is 0 Å². The van der Waals surface area contributed by atoms with Crippen LogP contribution in [0, 0.1) is 17.8 Å². The van der Waals surface area contributed by atoms with Gasteiger partial charge in [-0.2, -0.15) is 0 Å². The molecule has 4 atom stereocenters. The average molecular weight is 279 g/mol. The van der Waals surface area contributed by atoms with Crippen molar-refractivity contribution < 1.29 is 4.79 Å². The highest BCUT2D eigenvalue weighted by Gasteiger charge is 2.42. The quantitative estimate of drug-likeness (QED) is 0.887. The summed E-state index contributed by atoms with van der Waals surface area (Å²) in [5.74, 6) is 2.36. The molecule has 1 aromatic heterocycles. The first kappa shape index (κ1) is 13.1. The Bertz CT molecular complexity index is 473. The Kier molecular flexibility index (Phi) is 3.58. The molecule has 4 unspecified atom stereocenters. The summed E-state index contributed by atoms with van der Waals surface area (Å²) >= 11 is 1.45. The van der Waals surface area contributed by atoms with Crippen molar-refractivity contribution in [3.63, 3.8) is 0 Å². The summed E-state index contributed by atoms with van der Waals surface area (Å²) in [4.78, 5) is 16.4. The Morgan fingerprint density at radius 1 is 1.58 bits per heavy atom. The van der Waals surface area contributed by atoms with Crippen LogP contribution in [0.15, 0.2) is 5.38 Å². The summed E-state index contributed by atoms with van der Waals surface area (Å²) in [6, 6.07) is 0.255. The maximum Gasteiger partial charge on any atom is 0.270 e. The van der Waals surface area contributed by atoms with Gasteiger partial charge < -0.3 is 11.1 Å². The molecule has 1 amide bonds. The second-order valence-corrected chi connectivity index (χ2v) is 6.87. The number of amides is 1. The van der Waals surface area contributed by atoms with Crippen LogP contribution < -0.4 is 11.1 Å². The molecule has 104 valence electrons. The number of hydrogen-bond acceptors (Lipinski definition) is 4. The van der Waals surface area contributed by atoms with Crippen molar-refractivity contribution >= 4 is 17.2 Å². The molecule has 4 nitrogen and oxygen atoms in total. The number of thiazole rings is 1. The Hall–Kier alpha value is -0.940. The van der Waals surface area contributed by atoms with Crippen molar-refractivity contribution in [2.45, 2.75) is 45.2 Å². The van der Waals surface area contributed by atoms with Crippen LogP contribution in [0.1, 0.15) is 48.1 Å². The largest absolute Gasteiger partial charge is 0.348 e. The Morgan fingerprint density at radius 3 is 3.00 bits per heavy atom. The highest BCUT2D eigenvalue weighted by molar-refractivity contribution is 7.09. The molecule has 3 N–H and O–H groups in total. The molecule has 1 heterocycles. The van der Waals surface area contributed by atoms with Crippen molar-refractivity contribution in [2.24, 2.45) is 23.5 Å². The van der Waals surface area contributed by atoms with E-state index < -0.39 is 0 Å². The summed E-state index contributed by atoms with van der Waals surface area (Å²) in [5, 5.41) is 5.74. The molecule has 2 aliphatic carbocycles. The zero-order valence-corrected chi connectivity index (χ0v) is 12.1. The number of carbonyl (C=O) groups excluding carboxylic acids is 1. The van der Waals surface area contributed by atoms with Gasteiger partial charge in [0.25, 0.3) is 5.91 Å². The lowest BCUT2D eigenvalue weighted by Crippen LogP contribution is -2.40. The molecule has 0 aliphatic heterocycles. The van der Waals surface area contributed by atoms with Gasteiger partial charge >= 0.3 is 0 Å². The third-order valence-corrected chi connectivity index (χ3v) is 5.62. The zero-order chi connectivity index (χ0) is 13.4. The number of hydrogen-bond donors (Lipinski definition) is 2. The lowest BCUT2D eigenvalue weighted by Gasteiger charge is -2.28. The molecular formula is C14H21N3OS. The molecule has 2 saturated carbocycles. The van der Waals surface area contributed by atoms with E-state index in [9.17, 15) is 4.79 Å². The van der Waals surface area contributed by atoms with Gasteiger partial charge in [0, 0.05) is 18.0 Å². The topological polar surface area (TPSA) is 68.0 Å². The van der Waals surface area contributed by atoms with E-state index in [4.69, 9.17) is 5.73 Å². The van der Waals surface area contributed by atoms with E-state index in [-0.39, 0.29) is 11.9 Å². The smallest absolute Gasteiger partial charge is 0.270 e. The van der Waals surface area contributed by atoms with Crippen molar-refractivity contribution in [3.8, 4) is 0 Å². The number of nitrogens with two attached hydrogens (primary N) is 1. The van der Waals surface area contributed by atoms with Gasteiger partial charge in [0.15, 0.2) is 0 Å². The van der Waals surface area contributed by atoms with Crippen LogP contribution in [0.3, 0.4) is 0 Å². The number of rotatable bonds is 4. The second-order valence-electron chi connectivity index (χ2n) is 5.93. The molecule has 2 aliphatic rings. The van der Waals surface area contributed by atoms with Crippen LogP contribution >= 0.6 is 11.3 Å². The van der Waals surface area contributed by atoms with Crippen molar-refractivity contribution in [2.75, 3.05) is 0 Å². The number of nitrogens with zero attached hydrogens (tertiary/aromatic N) is 1. The fraction of sp³-hybridized carbons (Fsp3) is 0.714. The van der Waals surface area contributed by atoms with Gasteiger partial charge in [-0.25, -0.2) is 4.98 Å². The monoisotopic (exact) mass is 279 g/mol. The minimum Gasteiger partial charge on any atom is -0.348 e. The third-order valence-electron chi connectivity index (χ3n) is 4.75. The molecule has 5 heteroatoms. The summed E-state index contributed by atoms with van der Waals surface area (Å²) < 4.78 is 0. The van der Waals surface area contributed by atoms with Gasteiger partial charge in [-0.15, -0.1) is 11.3 Å². The lowest BCUT2D eigenvalue weighted by atomic mass is 9.84. The molecule has 3 rings (SSSR count). The predicted octanol–water partition coefficient (Wildman–Crippen LogP) is 2.16. The molecule has 2 fully saturated rings. The van der Waals surface area contributed by atoms with E-state index >= 15 is 0 Å². The maximum absolute atomic E-state index is 12.1. The summed E-state index contributed by atoms with van der Waals surface area (Å²) in [6.45, 7) is 2.54. The van der Waals surface area contributed by atoms with Gasteiger partial charge in [0.1, 0.15) is 10.7 Å². The first-order valence-electron chi connectivity index (χ1n) is 7.12. The molecule has 19 heavy (non-hydrogen) atoms. The first-order chi connectivity index (χ1) is 9.17. The maximum atomic E-state index is 12.1. The number of carbonyl (C=O) groups is 1. The number of fused-ring (bicyclic) bond motifs is 2. The van der Waals surface area contributed by atoms with Gasteiger partial charge in [0.05, 0.1) is 0 Å².